The van der Waals surface area contributed by atoms with Gasteiger partial charge in [0.25, 0.3) is 5.91 Å². The van der Waals surface area contributed by atoms with E-state index in [9.17, 15) is 4.79 Å². The van der Waals surface area contributed by atoms with Crippen molar-refractivity contribution in [1.82, 2.24) is 14.9 Å². The highest BCUT2D eigenvalue weighted by Gasteiger charge is 2.15. The minimum absolute atomic E-state index is 0.0763. The highest BCUT2D eigenvalue weighted by atomic mass is 16.3. The molecular formula is C12H20N4O2. The number of nitrogens with one attached hydrogen (secondary N) is 1. The van der Waals surface area contributed by atoms with Crippen LogP contribution in [0, 0.1) is 0 Å². The number of aliphatic hydroxyl groups is 1. The average Bonchev–Trinajstić information content (AvgIpc) is 2.40. The monoisotopic (exact) mass is 252 g/mol. The third-order valence-corrected chi connectivity index (χ3v) is 2.47. The Kier molecular flexibility index (Phi) is 6.07. The predicted octanol–water partition coefficient (Wildman–Crippen LogP) is 0.753. The van der Waals surface area contributed by atoms with Crippen LogP contribution in [0.15, 0.2) is 12.4 Å². The average molecular weight is 252 g/mol. The van der Waals surface area contributed by atoms with Crippen LogP contribution in [0.4, 0.5) is 5.82 Å². The molecule has 0 aliphatic carbocycles. The molecule has 100 valence electrons. The molecule has 0 bridgehead atoms. The molecule has 0 aromatic carbocycles. The normalized spacial score (nSPS) is 10.2. The lowest BCUT2D eigenvalue weighted by Gasteiger charge is -2.19. The van der Waals surface area contributed by atoms with Gasteiger partial charge < -0.3 is 15.3 Å². The predicted molar refractivity (Wildman–Crippen MR) is 69.5 cm³/mol. The number of hydrogen-bond donors (Lipinski definition) is 2. The molecule has 2 N–H and O–H groups in total. The molecule has 0 aliphatic rings. The van der Waals surface area contributed by atoms with Crippen molar-refractivity contribution in [2.45, 2.75) is 20.3 Å². The van der Waals surface area contributed by atoms with Crippen molar-refractivity contribution >= 4 is 11.7 Å². The fourth-order valence-corrected chi connectivity index (χ4v) is 1.56. The van der Waals surface area contributed by atoms with E-state index in [0.717, 1.165) is 6.54 Å². The molecule has 0 spiro atoms. The van der Waals surface area contributed by atoms with Crippen molar-refractivity contribution in [3.63, 3.8) is 0 Å². The molecule has 0 saturated carbocycles. The summed E-state index contributed by atoms with van der Waals surface area (Å²) in [6.07, 6.45) is 3.62. The molecule has 0 fully saturated rings. The van der Waals surface area contributed by atoms with E-state index in [1.54, 1.807) is 11.1 Å². The zero-order valence-electron chi connectivity index (χ0n) is 10.9. The maximum absolute atomic E-state index is 12.2. The summed E-state index contributed by atoms with van der Waals surface area (Å²) in [6.45, 7) is 5.78. The Balaban J connectivity index is 2.77. The van der Waals surface area contributed by atoms with Crippen LogP contribution >= 0.6 is 0 Å². The van der Waals surface area contributed by atoms with Gasteiger partial charge in [-0.05, 0) is 20.3 Å². The zero-order valence-corrected chi connectivity index (χ0v) is 10.9. The van der Waals surface area contributed by atoms with Crippen LogP contribution in [0.2, 0.25) is 0 Å². The van der Waals surface area contributed by atoms with Gasteiger partial charge in [-0.15, -0.1) is 0 Å². The molecule has 6 nitrogen and oxygen atoms in total. The first-order valence-electron chi connectivity index (χ1n) is 6.19. The minimum atomic E-state index is -0.154. The van der Waals surface area contributed by atoms with Gasteiger partial charge in [0.05, 0.1) is 12.4 Å². The van der Waals surface area contributed by atoms with Crippen LogP contribution in [0.1, 0.15) is 30.8 Å². The molecule has 1 aromatic rings. The van der Waals surface area contributed by atoms with Gasteiger partial charge in [-0.3, -0.25) is 9.78 Å². The highest BCUT2D eigenvalue weighted by molar-refractivity contribution is 5.92. The van der Waals surface area contributed by atoms with Gasteiger partial charge in [-0.25, -0.2) is 4.98 Å². The standard InChI is InChI=1S/C12H20N4O2/c1-3-14-11-9-13-8-10(15-11)12(18)16(4-2)6-5-7-17/h8-9,17H,3-7H2,1-2H3,(H,14,15). The second-order valence-corrected chi connectivity index (χ2v) is 3.78. The molecule has 1 rings (SSSR count). The van der Waals surface area contributed by atoms with E-state index in [-0.39, 0.29) is 12.5 Å². The fraction of sp³-hybridized carbons (Fsp3) is 0.583. The van der Waals surface area contributed by atoms with Gasteiger partial charge in [0.15, 0.2) is 0 Å². The quantitative estimate of drug-likeness (QED) is 0.749. The molecule has 0 aliphatic heterocycles. The van der Waals surface area contributed by atoms with E-state index in [1.165, 1.54) is 6.20 Å². The van der Waals surface area contributed by atoms with Crippen molar-refractivity contribution in [2.24, 2.45) is 0 Å². The van der Waals surface area contributed by atoms with Gasteiger partial charge >= 0.3 is 0 Å². The Bertz CT molecular complexity index is 384. The van der Waals surface area contributed by atoms with Crippen LogP contribution in [0.25, 0.3) is 0 Å². The van der Waals surface area contributed by atoms with Gasteiger partial charge in [0, 0.05) is 26.2 Å². The Morgan fingerprint density at radius 1 is 1.44 bits per heavy atom. The molecular weight excluding hydrogens is 232 g/mol. The van der Waals surface area contributed by atoms with Gasteiger partial charge in [0.1, 0.15) is 11.5 Å². The van der Waals surface area contributed by atoms with Crippen LogP contribution in [0.3, 0.4) is 0 Å². The number of anilines is 1. The van der Waals surface area contributed by atoms with E-state index in [0.29, 0.717) is 31.0 Å². The maximum Gasteiger partial charge on any atom is 0.274 e. The first-order chi connectivity index (χ1) is 8.72. The Hall–Kier alpha value is -1.69. The smallest absolute Gasteiger partial charge is 0.274 e. The number of carbonyl (C=O) groups excluding carboxylic acids is 1. The lowest BCUT2D eigenvalue weighted by molar-refractivity contribution is 0.0748. The lowest BCUT2D eigenvalue weighted by atomic mass is 10.3. The number of rotatable bonds is 7. The maximum atomic E-state index is 12.2. The van der Waals surface area contributed by atoms with Crippen molar-refractivity contribution in [3.05, 3.63) is 18.1 Å². The van der Waals surface area contributed by atoms with Gasteiger partial charge in [0.2, 0.25) is 0 Å². The minimum Gasteiger partial charge on any atom is -0.396 e. The van der Waals surface area contributed by atoms with Crippen LogP contribution in [-0.4, -0.2) is 52.1 Å². The molecule has 6 heteroatoms. The zero-order chi connectivity index (χ0) is 13.4. The van der Waals surface area contributed by atoms with E-state index < -0.39 is 0 Å². The summed E-state index contributed by atoms with van der Waals surface area (Å²) >= 11 is 0. The number of aromatic nitrogens is 2. The number of hydrogen-bond acceptors (Lipinski definition) is 5. The van der Waals surface area contributed by atoms with Crippen molar-refractivity contribution < 1.29 is 9.90 Å². The highest BCUT2D eigenvalue weighted by Crippen LogP contribution is 2.06. The van der Waals surface area contributed by atoms with Crippen molar-refractivity contribution in [2.75, 3.05) is 31.6 Å². The lowest BCUT2D eigenvalue weighted by Crippen LogP contribution is -2.33. The number of nitrogens with zero attached hydrogens (tertiary/aromatic N) is 3. The van der Waals surface area contributed by atoms with Gasteiger partial charge in [-0.1, -0.05) is 0 Å². The summed E-state index contributed by atoms with van der Waals surface area (Å²) in [6, 6.07) is 0. The Morgan fingerprint density at radius 2 is 2.22 bits per heavy atom. The summed E-state index contributed by atoms with van der Waals surface area (Å²) in [4.78, 5) is 22.0. The van der Waals surface area contributed by atoms with Crippen LogP contribution in [-0.2, 0) is 0 Å². The Morgan fingerprint density at radius 3 is 2.83 bits per heavy atom. The van der Waals surface area contributed by atoms with Crippen molar-refractivity contribution in [3.8, 4) is 0 Å². The van der Waals surface area contributed by atoms with Crippen LogP contribution in [0.5, 0.6) is 0 Å². The number of carbonyl (C=O) groups is 1. The van der Waals surface area contributed by atoms with E-state index in [1.807, 2.05) is 13.8 Å². The summed E-state index contributed by atoms with van der Waals surface area (Å²) in [5.41, 5.74) is 0.327. The second-order valence-electron chi connectivity index (χ2n) is 3.78. The molecule has 1 heterocycles. The third-order valence-electron chi connectivity index (χ3n) is 2.47. The van der Waals surface area contributed by atoms with Crippen molar-refractivity contribution in [1.29, 1.82) is 0 Å². The molecule has 1 aromatic heterocycles. The third kappa shape index (κ3) is 3.96. The van der Waals surface area contributed by atoms with Gasteiger partial charge in [-0.2, -0.15) is 0 Å². The molecule has 0 unspecified atom stereocenters. The summed E-state index contributed by atoms with van der Waals surface area (Å²) < 4.78 is 0. The first kappa shape index (κ1) is 14.4. The second kappa shape index (κ2) is 7.60. The molecule has 18 heavy (non-hydrogen) atoms. The van der Waals surface area contributed by atoms with Crippen LogP contribution < -0.4 is 5.32 Å². The summed E-state index contributed by atoms with van der Waals surface area (Å²) in [5.74, 6) is 0.444. The Labute approximate surface area is 107 Å². The number of amides is 1. The van der Waals surface area contributed by atoms with E-state index in [2.05, 4.69) is 15.3 Å². The molecule has 0 saturated heterocycles. The molecule has 1 amide bonds. The summed E-state index contributed by atoms with van der Waals surface area (Å²) in [7, 11) is 0. The number of aliphatic hydroxyl groups excluding tert-OH is 1. The topological polar surface area (TPSA) is 78.4 Å². The SMILES string of the molecule is CCNc1cncc(C(=O)N(CC)CCCO)n1. The first-order valence-corrected chi connectivity index (χ1v) is 6.19. The van der Waals surface area contributed by atoms with E-state index in [4.69, 9.17) is 5.11 Å². The van der Waals surface area contributed by atoms with E-state index >= 15 is 0 Å². The molecule has 0 atom stereocenters. The fourth-order valence-electron chi connectivity index (χ4n) is 1.56. The molecule has 0 radical (unpaired) electrons. The summed E-state index contributed by atoms with van der Waals surface area (Å²) in [5, 5.41) is 11.8. The largest absolute Gasteiger partial charge is 0.396 e.